The van der Waals surface area contributed by atoms with Gasteiger partial charge in [-0.1, -0.05) is 0 Å². The Morgan fingerprint density at radius 3 is 2.59 bits per heavy atom. The first kappa shape index (κ1) is 11.1. The summed E-state index contributed by atoms with van der Waals surface area (Å²) in [6, 6.07) is 4.74. The molecule has 0 aliphatic rings. The van der Waals surface area contributed by atoms with Crippen molar-refractivity contribution in [3.8, 4) is 5.82 Å². The number of rotatable bonds is 2. The van der Waals surface area contributed by atoms with E-state index in [1.165, 1.54) is 12.1 Å². The lowest BCUT2D eigenvalue weighted by atomic mass is 10.3. The van der Waals surface area contributed by atoms with Gasteiger partial charge in [0.1, 0.15) is 0 Å². The van der Waals surface area contributed by atoms with E-state index in [4.69, 9.17) is 5.73 Å². The Kier molecular flexibility index (Phi) is 2.51. The molecule has 0 bridgehead atoms. The van der Waals surface area contributed by atoms with Gasteiger partial charge in [0.15, 0.2) is 5.82 Å². The lowest BCUT2D eigenvalue weighted by molar-refractivity contribution is -0.384. The number of nitro groups is 1. The number of anilines is 1. The highest BCUT2D eigenvalue weighted by atomic mass is 16.6. The topological polar surface area (TPSA) is 99.9 Å². The van der Waals surface area contributed by atoms with Crippen LogP contribution in [0.15, 0.2) is 18.2 Å². The first-order valence-corrected chi connectivity index (χ1v) is 4.93. The highest BCUT2D eigenvalue weighted by Gasteiger charge is 2.14. The molecule has 0 aliphatic carbocycles. The summed E-state index contributed by atoms with van der Waals surface area (Å²) in [5.74, 6) is 0.360. The maximum atomic E-state index is 10.6. The van der Waals surface area contributed by atoms with E-state index in [0.717, 1.165) is 11.4 Å². The number of nitrogens with zero attached hydrogens (tertiary/aromatic N) is 4. The molecule has 0 saturated heterocycles. The van der Waals surface area contributed by atoms with Crippen LogP contribution in [-0.4, -0.2) is 19.7 Å². The molecule has 0 radical (unpaired) electrons. The summed E-state index contributed by atoms with van der Waals surface area (Å²) >= 11 is 0. The lowest BCUT2D eigenvalue weighted by Crippen LogP contribution is -2.06. The van der Waals surface area contributed by atoms with E-state index in [2.05, 4.69) is 10.1 Å². The predicted octanol–water partition coefficient (Wildman–Crippen LogP) is 1.37. The normalized spacial score (nSPS) is 10.5. The van der Waals surface area contributed by atoms with Crippen LogP contribution < -0.4 is 5.73 Å². The van der Waals surface area contributed by atoms with E-state index in [1.54, 1.807) is 4.68 Å². The van der Waals surface area contributed by atoms with E-state index in [0.29, 0.717) is 5.82 Å². The van der Waals surface area contributed by atoms with Gasteiger partial charge < -0.3 is 5.73 Å². The molecule has 2 heterocycles. The molecule has 2 aromatic heterocycles. The van der Waals surface area contributed by atoms with Crippen LogP contribution in [0.3, 0.4) is 0 Å². The van der Waals surface area contributed by atoms with Gasteiger partial charge in [-0.3, -0.25) is 10.1 Å². The van der Waals surface area contributed by atoms with Crippen molar-refractivity contribution in [1.29, 1.82) is 0 Å². The minimum Gasteiger partial charge on any atom is -0.378 e. The van der Waals surface area contributed by atoms with Gasteiger partial charge in [-0.2, -0.15) is 5.10 Å². The predicted molar refractivity (Wildman–Crippen MR) is 61.9 cm³/mol. The van der Waals surface area contributed by atoms with Crippen molar-refractivity contribution in [2.24, 2.45) is 0 Å². The zero-order chi connectivity index (χ0) is 12.6. The molecule has 7 nitrogen and oxygen atoms in total. The number of nitrogens with two attached hydrogens (primary N) is 1. The fourth-order valence-electron chi connectivity index (χ4n) is 1.59. The molecule has 7 heteroatoms. The van der Waals surface area contributed by atoms with Gasteiger partial charge >= 0.3 is 5.69 Å². The molecule has 0 aromatic carbocycles. The van der Waals surface area contributed by atoms with Gasteiger partial charge in [0.05, 0.1) is 10.6 Å². The maximum Gasteiger partial charge on any atom is 0.311 e. The van der Waals surface area contributed by atoms with E-state index in [1.807, 2.05) is 19.9 Å². The summed E-state index contributed by atoms with van der Waals surface area (Å²) < 4.78 is 1.59. The average Bonchev–Trinajstić information content (AvgIpc) is 2.57. The second kappa shape index (κ2) is 3.85. The molecule has 0 atom stereocenters. The summed E-state index contributed by atoms with van der Waals surface area (Å²) in [7, 11) is 0. The summed E-state index contributed by atoms with van der Waals surface area (Å²) in [6.45, 7) is 3.73. The van der Waals surface area contributed by atoms with Gasteiger partial charge in [-0.15, -0.1) is 0 Å². The zero-order valence-corrected chi connectivity index (χ0v) is 9.41. The number of aryl methyl sites for hydroxylation is 2. The molecule has 0 aliphatic heterocycles. The molecular formula is C10H11N5O2. The van der Waals surface area contributed by atoms with Gasteiger partial charge in [0.2, 0.25) is 5.82 Å². The molecule has 0 unspecified atom stereocenters. The van der Waals surface area contributed by atoms with E-state index in [9.17, 15) is 10.1 Å². The van der Waals surface area contributed by atoms with Crippen LogP contribution in [0, 0.1) is 24.0 Å². The molecule has 0 fully saturated rings. The number of nitrogen functional groups attached to an aromatic ring is 1. The van der Waals surface area contributed by atoms with Crippen LogP contribution in [0.25, 0.3) is 5.82 Å². The maximum absolute atomic E-state index is 10.6. The first-order valence-electron chi connectivity index (χ1n) is 4.93. The molecule has 0 amide bonds. The largest absolute Gasteiger partial charge is 0.378 e. The van der Waals surface area contributed by atoms with Crippen LogP contribution in [0.5, 0.6) is 0 Å². The van der Waals surface area contributed by atoms with Gasteiger partial charge in [0, 0.05) is 11.8 Å². The minimum atomic E-state index is -0.562. The standard InChI is InChI=1S/C10H11N5O2/c1-6-5-7(2)14(13-6)9-4-3-8(15(16)17)10(11)12-9/h3-5H,1-2H3,(H2,11,12). The highest BCUT2D eigenvalue weighted by molar-refractivity contribution is 5.54. The second-order valence-corrected chi connectivity index (χ2v) is 3.67. The summed E-state index contributed by atoms with van der Waals surface area (Å²) in [6.07, 6.45) is 0. The molecule has 17 heavy (non-hydrogen) atoms. The van der Waals surface area contributed by atoms with Crippen LogP contribution in [-0.2, 0) is 0 Å². The second-order valence-electron chi connectivity index (χ2n) is 3.67. The third-order valence-electron chi connectivity index (χ3n) is 2.31. The summed E-state index contributed by atoms with van der Waals surface area (Å²) in [5.41, 5.74) is 7.06. The number of aromatic nitrogens is 3. The Hall–Kier alpha value is -2.44. The minimum absolute atomic E-state index is 0.111. The fraction of sp³-hybridized carbons (Fsp3) is 0.200. The highest BCUT2D eigenvalue weighted by Crippen LogP contribution is 2.20. The Balaban J connectivity index is 2.51. The van der Waals surface area contributed by atoms with E-state index < -0.39 is 4.92 Å². The first-order chi connectivity index (χ1) is 7.99. The van der Waals surface area contributed by atoms with Crippen molar-refractivity contribution in [2.45, 2.75) is 13.8 Å². The number of hydrogen-bond acceptors (Lipinski definition) is 5. The van der Waals surface area contributed by atoms with Crippen molar-refractivity contribution in [1.82, 2.24) is 14.8 Å². The molecule has 2 aromatic rings. The van der Waals surface area contributed by atoms with Crippen molar-refractivity contribution < 1.29 is 4.92 Å². The van der Waals surface area contributed by atoms with Crippen LogP contribution in [0.1, 0.15) is 11.4 Å². The van der Waals surface area contributed by atoms with Crippen LogP contribution in [0.4, 0.5) is 11.5 Å². The molecular weight excluding hydrogens is 222 g/mol. The SMILES string of the molecule is Cc1cc(C)n(-c2ccc([N+](=O)[O-])c(N)n2)n1. The van der Waals surface area contributed by atoms with Crippen molar-refractivity contribution >= 4 is 11.5 Å². The Morgan fingerprint density at radius 1 is 1.41 bits per heavy atom. The summed E-state index contributed by atoms with van der Waals surface area (Å²) in [4.78, 5) is 14.0. The fourth-order valence-corrected chi connectivity index (χ4v) is 1.59. The number of hydrogen-bond donors (Lipinski definition) is 1. The van der Waals surface area contributed by atoms with Gasteiger partial charge in [0.25, 0.3) is 0 Å². The zero-order valence-electron chi connectivity index (χ0n) is 9.41. The van der Waals surface area contributed by atoms with Gasteiger partial charge in [-0.25, -0.2) is 9.67 Å². The summed E-state index contributed by atoms with van der Waals surface area (Å²) in [5, 5.41) is 14.8. The Morgan fingerprint density at radius 2 is 2.12 bits per heavy atom. The van der Waals surface area contributed by atoms with E-state index >= 15 is 0 Å². The Bertz CT molecular complexity index is 590. The molecule has 2 rings (SSSR count). The monoisotopic (exact) mass is 233 g/mol. The molecule has 88 valence electrons. The van der Waals surface area contributed by atoms with Crippen molar-refractivity contribution in [2.75, 3.05) is 5.73 Å². The molecule has 2 N–H and O–H groups in total. The Labute approximate surface area is 97.0 Å². The molecule has 0 spiro atoms. The number of pyridine rings is 1. The lowest BCUT2D eigenvalue weighted by Gasteiger charge is -2.04. The van der Waals surface area contributed by atoms with Crippen LogP contribution >= 0.6 is 0 Å². The quantitative estimate of drug-likeness (QED) is 0.623. The average molecular weight is 233 g/mol. The molecule has 0 saturated carbocycles. The van der Waals surface area contributed by atoms with Gasteiger partial charge in [-0.05, 0) is 26.0 Å². The van der Waals surface area contributed by atoms with Crippen LogP contribution in [0.2, 0.25) is 0 Å². The third-order valence-corrected chi connectivity index (χ3v) is 2.31. The smallest absolute Gasteiger partial charge is 0.311 e. The van der Waals surface area contributed by atoms with Crippen molar-refractivity contribution in [3.63, 3.8) is 0 Å². The third kappa shape index (κ3) is 1.94. The van der Waals surface area contributed by atoms with E-state index in [-0.39, 0.29) is 11.5 Å². The van der Waals surface area contributed by atoms with Crippen molar-refractivity contribution in [3.05, 3.63) is 39.7 Å².